The molecule has 0 saturated carbocycles. The Labute approximate surface area is 116 Å². The lowest BCUT2D eigenvalue weighted by atomic mass is 10.1. The van der Waals surface area contributed by atoms with Crippen LogP contribution in [0.25, 0.3) is 0 Å². The van der Waals surface area contributed by atoms with Gasteiger partial charge in [0, 0.05) is 18.6 Å². The van der Waals surface area contributed by atoms with Crippen molar-refractivity contribution in [2.24, 2.45) is 0 Å². The highest BCUT2D eigenvalue weighted by atomic mass is 32.2. The summed E-state index contributed by atoms with van der Waals surface area (Å²) < 4.78 is 26.9. The topological polar surface area (TPSA) is 58.2 Å². The minimum Gasteiger partial charge on any atom is -0.311 e. The molecule has 0 fully saturated rings. The average Bonchev–Trinajstić information content (AvgIpc) is 2.22. The smallest absolute Gasteiger partial charge is 0.240 e. The number of rotatable bonds is 5. The second kappa shape index (κ2) is 6.03. The van der Waals surface area contributed by atoms with E-state index in [2.05, 4.69) is 10.0 Å². The molecule has 0 atom stereocenters. The molecule has 0 saturated heterocycles. The van der Waals surface area contributed by atoms with E-state index in [4.69, 9.17) is 0 Å². The molecule has 0 aliphatic rings. The minimum absolute atomic E-state index is 0.00871. The molecule has 4 nitrogen and oxygen atoms in total. The molecular weight excluding hydrogens is 260 g/mol. The Kier molecular flexibility index (Phi) is 5.12. The molecule has 108 valence electrons. The molecule has 2 N–H and O–H groups in total. The van der Waals surface area contributed by atoms with Gasteiger partial charge in [-0.15, -0.1) is 0 Å². The maximum atomic E-state index is 12.1. The fourth-order valence-electron chi connectivity index (χ4n) is 1.80. The Morgan fingerprint density at radius 2 is 1.74 bits per heavy atom. The number of hydrogen-bond acceptors (Lipinski definition) is 3. The van der Waals surface area contributed by atoms with Crippen molar-refractivity contribution in [3.63, 3.8) is 0 Å². The first-order valence-corrected chi connectivity index (χ1v) is 7.92. The predicted octanol–water partition coefficient (Wildman–Crippen LogP) is 1.97. The SMILES string of the molecule is Cc1ccc(S(=O)(=O)NCCNC(C)(C)C)c(C)c1. The Balaban J connectivity index is 2.66. The lowest BCUT2D eigenvalue weighted by Crippen LogP contribution is -2.41. The Bertz CT molecular complexity index is 531. The molecule has 19 heavy (non-hydrogen) atoms. The van der Waals surface area contributed by atoms with Crippen molar-refractivity contribution in [1.29, 1.82) is 0 Å². The van der Waals surface area contributed by atoms with Crippen molar-refractivity contribution < 1.29 is 8.42 Å². The van der Waals surface area contributed by atoms with Gasteiger partial charge >= 0.3 is 0 Å². The summed E-state index contributed by atoms with van der Waals surface area (Å²) in [6, 6.07) is 5.35. The first-order valence-electron chi connectivity index (χ1n) is 6.44. The standard InChI is InChI=1S/C14H24N2O2S/c1-11-6-7-13(12(2)10-11)19(17,18)16-9-8-15-14(3,4)5/h6-7,10,15-16H,8-9H2,1-5H3. The number of aryl methyl sites for hydroxylation is 2. The van der Waals surface area contributed by atoms with Crippen LogP contribution in [0.3, 0.4) is 0 Å². The number of benzene rings is 1. The van der Waals surface area contributed by atoms with Crippen LogP contribution < -0.4 is 10.0 Å². The van der Waals surface area contributed by atoms with Crippen LogP contribution in [0.4, 0.5) is 0 Å². The Morgan fingerprint density at radius 3 is 2.26 bits per heavy atom. The number of hydrogen-bond donors (Lipinski definition) is 2. The highest BCUT2D eigenvalue weighted by Gasteiger charge is 2.16. The average molecular weight is 284 g/mol. The third-order valence-electron chi connectivity index (χ3n) is 2.69. The van der Waals surface area contributed by atoms with Gasteiger partial charge in [0.05, 0.1) is 4.90 Å². The molecule has 0 unspecified atom stereocenters. The summed E-state index contributed by atoms with van der Waals surface area (Å²) in [5.41, 5.74) is 1.83. The van der Waals surface area contributed by atoms with E-state index in [1.54, 1.807) is 6.07 Å². The van der Waals surface area contributed by atoms with E-state index in [9.17, 15) is 8.42 Å². The van der Waals surface area contributed by atoms with E-state index in [0.29, 0.717) is 18.0 Å². The van der Waals surface area contributed by atoms with Crippen LogP contribution in [-0.4, -0.2) is 27.0 Å². The zero-order valence-corrected chi connectivity index (χ0v) is 13.2. The first-order chi connectivity index (χ1) is 8.62. The summed E-state index contributed by atoms with van der Waals surface area (Å²) in [4.78, 5) is 0.355. The van der Waals surface area contributed by atoms with Crippen LogP contribution >= 0.6 is 0 Å². The molecule has 1 aromatic rings. The zero-order chi connectivity index (χ0) is 14.7. The summed E-state index contributed by atoms with van der Waals surface area (Å²) in [6.45, 7) is 10.9. The van der Waals surface area contributed by atoms with E-state index in [0.717, 1.165) is 11.1 Å². The van der Waals surface area contributed by atoms with E-state index in [1.165, 1.54) is 0 Å². The fourth-order valence-corrected chi connectivity index (χ4v) is 3.06. The molecule has 5 heteroatoms. The van der Waals surface area contributed by atoms with Gasteiger partial charge in [0.25, 0.3) is 0 Å². The second-order valence-corrected chi connectivity index (χ2v) is 7.58. The summed E-state index contributed by atoms with van der Waals surface area (Å²) in [5, 5.41) is 3.24. The van der Waals surface area contributed by atoms with Gasteiger partial charge in [-0.1, -0.05) is 17.7 Å². The minimum atomic E-state index is -3.42. The van der Waals surface area contributed by atoms with Gasteiger partial charge in [-0.3, -0.25) is 0 Å². The van der Waals surface area contributed by atoms with E-state index < -0.39 is 10.0 Å². The molecule has 0 heterocycles. The highest BCUT2D eigenvalue weighted by molar-refractivity contribution is 7.89. The van der Waals surface area contributed by atoms with E-state index in [1.807, 2.05) is 46.8 Å². The molecule has 0 radical (unpaired) electrons. The molecule has 0 aliphatic carbocycles. The maximum absolute atomic E-state index is 12.1. The van der Waals surface area contributed by atoms with E-state index >= 15 is 0 Å². The van der Waals surface area contributed by atoms with Gasteiger partial charge in [-0.25, -0.2) is 13.1 Å². The summed E-state index contributed by atoms with van der Waals surface area (Å²) in [5.74, 6) is 0. The van der Waals surface area contributed by atoms with Crippen LogP contribution in [0.5, 0.6) is 0 Å². The summed E-state index contributed by atoms with van der Waals surface area (Å²) >= 11 is 0. The van der Waals surface area contributed by atoms with Crippen LogP contribution in [0.15, 0.2) is 23.1 Å². The van der Waals surface area contributed by atoms with Crippen molar-refractivity contribution >= 4 is 10.0 Å². The van der Waals surface area contributed by atoms with Gasteiger partial charge in [-0.2, -0.15) is 0 Å². The van der Waals surface area contributed by atoms with Crippen LogP contribution in [0.1, 0.15) is 31.9 Å². The Morgan fingerprint density at radius 1 is 1.11 bits per heavy atom. The number of sulfonamides is 1. The Hall–Kier alpha value is -0.910. The lowest BCUT2D eigenvalue weighted by Gasteiger charge is -2.20. The third kappa shape index (κ3) is 5.30. The highest BCUT2D eigenvalue weighted by Crippen LogP contribution is 2.15. The van der Waals surface area contributed by atoms with Gasteiger partial charge in [-0.05, 0) is 46.2 Å². The van der Waals surface area contributed by atoms with Gasteiger partial charge in [0.1, 0.15) is 0 Å². The molecule has 0 spiro atoms. The van der Waals surface area contributed by atoms with Crippen molar-refractivity contribution in [2.75, 3.05) is 13.1 Å². The van der Waals surface area contributed by atoms with Crippen LogP contribution in [0, 0.1) is 13.8 Å². The predicted molar refractivity (Wildman–Crippen MR) is 78.9 cm³/mol. The van der Waals surface area contributed by atoms with Crippen molar-refractivity contribution in [3.8, 4) is 0 Å². The third-order valence-corrected chi connectivity index (χ3v) is 4.31. The van der Waals surface area contributed by atoms with Crippen molar-refractivity contribution in [2.45, 2.75) is 45.1 Å². The van der Waals surface area contributed by atoms with Crippen molar-refractivity contribution in [1.82, 2.24) is 10.0 Å². The van der Waals surface area contributed by atoms with Crippen LogP contribution in [-0.2, 0) is 10.0 Å². The normalized spacial score (nSPS) is 12.7. The molecular formula is C14H24N2O2S. The molecule has 0 bridgehead atoms. The molecule has 1 aromatic carbocycles. The van der Waals surface area contributed by atoms with Gasteiger partial charge < -0.3 is 5.32 Å². The summed E-state index contributed by atoms with van der Waals surface area (Å²) in [6.07, 6.45) is 0. The molecule has 0 aromatic heterocycles. The second-order valence-electron chi connectivity index (χ2n) is 5.84. The lowest BCUT2D eigenvalue weighted by molar-refractivity contribution is 0.428. The number of nitrogens with one attached hydrogen (secondary N) is 2. The van der Waals surface area contributed by atoms with Crippen molar-refractivity contribution in [3.05, 3.63) is 29.3 Å². The molecule has 0 amide bonds. The summed E-state index contributed by atoms with van der Waals surface area (Å²) in [7, 11) is -3.42. The fraction of sp³-hybridized carbons (Fsp3) is 0.571. The largest absolute Gasteiger partial charge is 0.311 e. The first kappa shape index (κ1) is 16.1. The van der Waals surface area contributed by atoms with Gasteiger partial charge in [0.2, 0.25) is 10.0 Å². The molecule has 0 aliphatic heterocycles. The van der Waals surface area contributed by atoms with E-state index in [-0.39, 0.29) is 5.54 Å². The quantitative estimate of drug-likeness (QED) is 0.813. The van der Waals surface area contributed by atoms with Crippen LogP contribution in [0.2, 0.25) is 0 Å². The van der Waals surface area contributed by atoms with Gasteiger partial charge in [0.15, 0.2) is 0 Å². The molecule has 1 rings (SSSR count). The monoisotopic (exact) mass is 284 g/mol. The maximum Gasteiger partial charge on any atom is 0.240 e. The zero-order valence-electron chi connectivity index (χ0n) is 12.4.